The van der Waals surface area contributed by atoms with E-state index in [2.05, 4.69) is 10.3 Å². The first-order valence-corrected chi connectivity index (χ1v) is 13.1. The topological polar surface area (TPSA) is 79.4 Å². The molecule has 35 heavy (non-hydrogen) atoms. The molecular formula is C22H23Cl2F4N3O3S. The van der Waals surface area contributed by atoms with Gasteiger partial charge < -0.3 is 5.32 Å². The van der Waals surface area contributed by atoms with Crippen LogP contribution in [0.15, 0.2) is 30.3 Å². The number of alkyl halides is 3. The number of hydrogen-bond donors (Lipinski definition) is 1. The molecule has 1 fully saturated rings. The lowest BCUT2D eigenvalue weighted by atomic mass is 9.75. The van der Waals surface area contributed by atoms with Crippen LogP contribution in [0.4, 0.5) is 17.6 Å². The summed E-state index contributed by atoms with van der Waals surface area (Å²) in [6.45, 7) is 1.67. The lowest BCUT2D eigenvalue weighted by Crippen LogP contribution is -2.51. The van der Waals surface area contributed by atoms with Crippen LogP contribution >= 0.6 is 23.2 Å². The maximum atomic E-state index is 13.9. The quantitative estimate of drug-likeness (QED) is 0.383. The number of nitrogens with zero attached hydrogens (tertiary/aromatic N) is 2. The lowest BCUT2D eigenvalue weighted by molar-refractivity contribution is -0.141. The van der Waals surface area contributed by atoms with Crippen molar-refractivity contribution in [2.75, 3.05) is 25.4 Å². The first-order chi connectivity index (χ1) is 16.3. The van der Waals surface area contributed by atoms with Crippen LogP contribution in [0.3, 0.4) is 0 Å². The molecule has 0 unspecified atom stereocenters. The number of hydrogen-bond acceptors (Lipinski definition) is 4. The number of nitrogens with one attached hydrogen (secondary N) is 1. The van der Waals surface area contributed by atoms with Crippen molar-refractivity contribution in [3.63, 3.8) is 0 Å². The van der Waals surface area contributed by atoms with Crippen molar-refractivity contribution in [3.05, 3.63) is 63.1 Å². The summed E-state index contributed by atoms with van der Waals surface area (Å²) >= 11 is 11.7. The maximum Gasteiger partial charge on any atom is 0.433 e. The average molecular weight is 556 g/mol. The Bertz CT molecular complexity index is 1200. The summed E-state index contributed by atoms with van der Waals surface area (Å²) < 4.78 is 80.2. The number of piperidine rings is 1. The van der Waals surface area contributed by atoms with Crippen molar-refractivity contribution in [1.29, 1.82) is 0 Å². The number of pyridine rings is 1. The second-order valence-corrected chi connectivity index (χ2v) is 11.2. The molecule has 1 saturated heterocycles. The molecule has 0 atom stereocenters. The van der Waals surface area contributed by atoms with Crippen LogP contribution in [0.2, 0.25) is 10.0 Å². The maximum absolute atomic E-state index is 13.9. The van der Waals surface area contributed by atoms with Crippen molar-refractivity contribution >= 4 is 39.1 Å². The number of benzene rings is 1. The highest BCUT2D eigenvalue weighted by Gasteiger charge is 2.42. The summed E-state index contributed by atoms with van der Waals surface area (Å²) in [6.07, 6.45) is -4.02. The van der Waals surface area contributed by atoms with E-state index in [1.54, 1.807) is 6.92 Å². The van der Waals surface area contributed by atoms with Gasteiger partial charge in [-0.2, -0.15) is 13.2 Å². The van der Waals surface area contributed by atoms with Crippen molar-refractivity contribution in [1.82, 2.24) is 14.6 Å². The van der Waals surface area contributed by atoms with E-state index < -0.39 is 39.0 Å². The number of carbonyl (C=O) groups excluding carboxylic acids is 1. The summed E-state index contributed by atoms with van der Waals surface area (Å²) in [5, 5.41) is 2.25. The van der Waals surface area contributed by atoms with Gasteiger partial charge in [0.15, 0.2) is 0 Å². The highest BCUT2D eigenvalue weighted by molar-refractivity contribution is 7.89. The predicted octanol–water partition coefficient (Wildman–Crippen LogP) is 5.05. The molecule has 13 heteroatoms. The molecule has 1 amide bonds. The molecule has 1 aliphatic heterocycles. The lowest BCUT2D eigenvalue weighted by Gasteiger charge is -2.41. The van der Waals surface area contributed by atoms with Gasteiger partial charge >= 0.3 is 6.18 Å². The molecule has 1 aromatic carbocycles. The summed E-state index contributed by atoms with van der Waals surface area (Å²) in [6, 6.07) is 5.43. The Balaban J connectivity index is 1.91. The SMILES string of the molecule is CCCS(=O)(=O)N1CCC(CNC(=O)c2cc(F)c(Cl)cc2Cl)(c2cccc(C(F)(F)F)n2)CC1. The molecule has 1 N–H and O–H groups in total. The van der Waals surface area contributed by atoms with Gasteiger partial charge in [-0.05, 0) is 43.5 Å². The molecule has 2 aromatic rings. The Hall–Kier alpha value is -1.95. The Morgan fingerprint density at radius 3 is 2.43 bits per heavy atom. The minimum Gasteiger partial charge on any atom is -0.351 e. The van der Waals surface area contributed by atoms with Gasteiger partial charge in [-0.15, -0.1) is 0 Å². The second kappa shape index (κ2) is 10.6. The van der Waals surface area contributed by atoms with E-state index >= 15 is 0 Å². The monoisotopic (exact) mass is 555 g/mol. The van der Waals surface area contributed by atoms with E-state index in [-0.39, 0.29) is 59.5 Å². The van der Waals surface area contributed by atoms with Crippen LogP contribution in [0, 0.1) is 5.82 Å². The minimum atomic E-state index is -4.68. The molecule has 0 saturated carbocycles. The Morgan fingerprint density at radius 1 is 1.17 bits per heavy atom. The van der Waals surface area contributed by atoms with Crippen molar-refractivity contribution in [2.24, 2.45) is 0 Å². The molecule has 3 rings (SSSR count). The number of rotatable bonds is 7. The zero-order valence-corrected chi connectivity index (χ0v) is 21.0. The Labute approximate surface area is 210 Å². The second-order valence-electron chi connectivity index (χ2n) is 8.33. The molecular weight excluding hydrogens is 533 g/mol. The zero-order chi connectivity index (χ0) is 26.0. The van der Waals surface area contributed by atoms with E-state index in [0.717, 1.165) is 18.2 Å². The first kappa shape index (κ1) is 27.6. The number of sulfonamides is 1. The molecule has 0 spiro atoms. The fourth-order valence-corrected chi connectivity index (χ4v) is 6.01. The number of carbonyl (C=O) groups is 1. The first-order valence-electron chi connectivity index (χ1n) is 10.7. The third kappa shape index (κ3) is 6.25. The van der Waals surface area contributed by atoms with E-state index in [1.807, 2.05) is 0 Å². The zero-order valence-electron chi connectivity index (χ0n) is 18.6. The molecule has 0 radical (unpaired) electrons. The fourth-order valence-electron chi connectivity index (χ4n) is 4.03. The van der Waals surface area contributed by atoms with Gasteiger partial charge in [0.1, 0.15) is 11.5 Å². The largest absolute Gasteiger partial charge is 0.433 e. The van der Waals surface area contributed by atoms with Crippen molar-refractivity contribution in [3.8, 4) is 0 Å². The molecule has 1 aromatic heterocycles. The Morgan fingerprint density at radius 2 is 1.83 bits per heavy atom. The van der Waals surface area contributed by atoms with Gasteiger partial charge in [0.2, 0.25) is 10.0 Å². The molecule has 6 nitrogen and oxygen atoms in total. The molecule has 192 valence electrons. The summed E-state index contributed by atoms with van der Waals surface area (Å²) in [4.78, 5) is 16.6. The van der Waals surface area contributed by atoms with Crippen LogP contribution in [-0.2, 0) is 21.6 Å². The van der Waals surface area contributed by atoms with Crippen LogP contribution < -0.4 is 5.32 Å². The van der Waals surface area contributed by atoms with Gasteiger partial charge in [0.25, 0.3) is 5.91 Å². The fraction of sp³-hybridized carbons (Fsp3) is 0.455. The minimum absolute atomic E-state index is 0.0425. The summed E-state index contributed by atoms with van der Waals surface area (Å²) in [5.74, 6) is -1.65. The van der Waals surface area contributed by atoms with Crippen molar-refractivity contribution < 1.29 is 30.8 Å². The van der Waals surface area contributed by atoms with Crippen molar-refractivity contribution in [2.45, 2.75) is 37.8 Å². The standard InChI is InChI=1S/C22H23Cl2F4N3O3S/c1-2-10-35(33,34)31-8-6-21(7-9-31,18-4-3-5-19(30-18)22(26,27)28)13-29-20(32)14-11-17(25)16(24)12-15(14)23/h3-5,11-12H,2,6-10,13H2,1H3,(H,29,32). The number of aromatic nitrogens is 1. The molecule has 0 bridgehead atoms. The smallest absolute Gasteiger partial charge is 0.351 e. The Kier molecular flexibility index (Phi) is 8.35. The predicted molar refractivity (Wildman–Crippen MR) is 125 cm³/mol. The summed E-state index contributed by atoms with van der Waals surface area (Å²) in [7, 11) is -3.51. The molecule has 2 heterocycles. The highest BCUT2D eigenvalue weighted by atomic mass is 35.5. The van der Waals surface area contributed by atoms with Gasteiger partial charge in [0, 0.05) is 30.7 Å². The van der Waals surface area contributed by atoms with Gasteiger partial charge in [-0.1, -0.05) is 36.2 Å². The number of amides is 1. The van der Waals surface area contributed by atoms with Gasteiger partial charge in [-0.25, -0.2) is 22.1 Å². The van der Waals surface area contributed by atoms with Crippen LogP contribution in [0.1, 0.15) is 47.9 Å². The van der Waals surface area contributed by atoms with E-state index in [0.29, 0.717) is 6.42 Å². The van der Waals surface area contributed by atoms with Crippen LogP contribution in [0.25, 0.3) is 0 Å². The van der Waals surface area contributed by atoms with E-state index in [4.69, 9.17) is 23.2 Å². The normalized spacial score (nSPS) is 16.8. The van der Waals surface area contributed by atoms with Crippen LogP contribution in [-0.4, -0.2) is 49.0 Å². The molecule has 0 aliphatic carbocycles. The van der Waals surface area contributed by atoms with Crippen LogP contribution in [0.5, 0.6) is 0 Å². The van der Waals surface area contributed by atoms with Gasteiger partial charge in [0.05, 0.1) is 21.4 Å². The highest BCUT2D eigenvalue weighted by Crippen LogP contribution is 2.37. The molecule has 1 aliphatic rings. The van der Waals surface area contributed by atoms with E-state index in [1.165, 1.54) is 16.4 Å². The average Bonchev–Trinajstić information content (AvgIpc) is 2.79. The van der Waals surface area contributed by atoms with Gasteiger partial charge in [-0.3, -0.25) is 4.79 Å². The third-order valence-electron chi connectivity index (χ3n) is 5.96. The van der Waals surface area contributed by atoms with E-state index in [9.17, 15) is 30.8 Å². The number of halogens is 6. The third-order valence-corrected chi connectivity index (χ3v) is 8.64. The summed E-state index contributed by atoms with van der Waals surface area (Å²) in [5.41, 5.74) is -2.30.